The van der Waals surface area contributed by atoms with Gasteiger partial charge in [0.1, 0.15) is 0 Å². The topological polar surface area (TPSA) is 55.1 Å². The molecule has 0 spiro atoms. The number of carbonyl (C=O) groups is 1. The van der Waals surface area contributed by atoms with Crippen LogP contribution in [0.5, 0.6) is 0 Å². The van der Waals surface area contributed by atoms with E-state index in [1.54, 1.807) is 0 Å². The summed E-state index contributed by atoms with van der Waals surface area (Å²) >= 11 is 0. The fourth-order valence-corrected chi connectivity index (χ4v) is 6.01. The minimum absolute atomic E-state index is 0.284. The van der Waals surface area contributed by atoms with E-state index in [4.69, 9.17) is 5.73 Å². The Morgan fingerprint density at radius 2 is 0.615 bits per heavy atom. The lowest BCUT2D eigenvalue weighted by molar-refractivity contribution is 0.243. The summed E-state index contributed by atoms with van der Waals surface area (Å²) in [6.45, 7) is 4.58. The van der Waals surface area contributed by atoms with Crippen molar-refractivity contribution in [1.82, 2.24) is 5.32 Å². The SMILES string of the molecule is CCCCCCCCCCCCCCCCCC(CCCCCCCCCCCCCCCCC)NC(N)=O. The van der Waals surface area contributed by atoms with Crippen molar-refractivity contribution in [2.24, 2.45) is 5.73 Å². The molecule has 0 aromatic heterocycles. The van der Waals surface area contributed by atoms with Crippen LogP contribution in [0.1, 0.15) is 219 Å². The number of amides is 2. The van der Waals surface area contributed by atoms with Crippen LogP contribution in [0.4, 0.5) is 4.79 Å². The first-order valence-corrected chi connectivity index (χ1v) is 18.3. The van der Waals surface area contributed by atoms with Gasteiger partial charge in [-0.3, -0.25) is 0 Å². The van der Waals surface area contributed by atoms with Crippen molar-refractivity contribution >= 4 is 6.03 Å². The maximum atomic E-state index is 11.4. The molecule has 0 saturated carbocycles. The Morgan fingerprint density at radius 3 is 0.821 bits per heavy atom. The zero-order chi connectivity index (χ0) is 28.5. The number of carbonyl (C=O) groups excluding carboxylic acids is 1. The zero-order valence-electron chi connectivity index (χ0n) is 27.2. The Labute approximate surface area is 247 Å². The minimum Gasteiger partial charge on any atom is -0.352 e. The standard InChI is InChI=1S/C36H74N2O/c1-3-5-7-9-11-13-15-17-19-21-23-25-27-29-31-33-35(38-36(37)39)34-32-30-28-26-24-22-20-18-16-14-12-10-8-6-4-2/h35H,3-34H2,1-2H3,(H3,37,38,39). The van der Waals surface area contributed by atoms with Gasteiger partial charge in [-0.05, 0) is 12.8 Å². The van der Waals surface area contributed by atoms with Crippen molar-refractivity contribution < 1.29 is 4.79 Å². The van der Waals surface area contributed by atoms with E-state index in [9.17, 15) is 4.79 Å². The first-order chi connectivity index (χ1) is 19.2. The first kappa shape index (κ1) is 38.3. The predicted molar refractivity (Wildman–Crippen MR) is 176 cm³/mol. The average Bonchev–Trinajstić information content (AvgIpc) is 2.92. The van der Waals surface area contributed by atoms with Crippen LogP contribution in [-0.2, 0) is 0 Å². The van der Waals surface area contributed by atoms with Crippen LogP contribution in [0.25, 0.3) is 0 Å². The second-order valence-electron chi connectivity index (χ2n) is 12.7. The fraction of sp³-hybridized carbons (Fsp3) is 0.972. The Hall–Kier alpha value is -0.730. The quantitative estimate of drug-likeness (QED) is 0.0784. The summed E-state index contributed by atoms with van der Waals surface area (Å²) < 4.78 is 0. The predicted octanol–water partition coefficient (Wildman–Crippen LogP) is 12.5. The number of unbranched alkanes of at least 4 members (excludes halogenated alkanes) is 28. The summed E-state index contributed by atoms with van der Waals surface area (Å²) in [5.74, 6) is 0. The third-order valence-electron chi connectivity index (χ3n) is 8.66. The van der Waals surface area contributed by atoms with Crippen molar-refractivity contribution in [3.05, 3.63) is 0 Å². The number of rotatable bonds is 33. The molecule has 0 aliphatic carbocycles. The van der Waals surface area contributed by atoms with Gasteiger partial charge in [-0.2, -0.15) is 0 Å². The third-order valence-corrected chi connectivity index (χ3v) is 8.66. The Bertz CT molecular complexity index is 433. The molecule has 3 heteroatoms. The van der Waals surface area contributed by atoms with Gasteiger partial charge in [-0.15, -0.1) is 0 Å². The van der Waals surface area contributed by atoms with Gasteiger partial charge in [0.05, 0.1) is 0 Å². The lowest BCUT2D eigenvalue weighted by atomic mass is 9.99. The number of hydrogen-bond acceptors (Lipinski definition) is 1. The van der Waals surface area contributed by atoms with Crippen LogP contribution in [-0.4, -0.2) is 12.1 Å². The summed E-state index contributed by atoms with van der Waals surface area (Å²) in [5.41, 5.74) is 5.46. The largest absolute Gasteiger partial charge is 0.352 e. The molecular formula is C36H74N2O. The molecule has 0 radical (unpaired) electrons. The van der Waals surface area contributed by atoms with Gasteiger partial charge in [0.25, 0.3) is 0 Å². The van der Waals surface area contributed by atoms with Crippen LogP contribution in [0.15, 0.2) is 0 Å². The Balaban J connectivity index is 3.48. The lowest BCUT2D eigenvalue weighted by Crippen LogP contribution is -2.38. The van der Waals surface area contributed by atoms with Crippen LogP contribution < -0.4 is 11.1 Å². The van der Waals surface area contributed by atoms with Crippen LogP contribution in [0, 0.1) is 0 Å². The number of primary amides is 1. The third kappa shape index (κ3) is 33.4. The van der Waals surface area contributed by atoms with E-state index in [1.165, 1.54) is 193 Å². The van der Waals surface area contributed by atoms with Crippen molar-refractivity contribution in [1.29, 1.82) is 0 Å². The monoisotopic (exact) mass is 551 g/mol. The average molecular weight is 551 g/mol. The normalized spacial score (nSPS) is 11.5. The van der Waals surface area contributed by atoms with Crippen molar-refractivity contribution in [3.8, 4) is 0 Å². The van der Waals surface area contributed by atoms with Crippen LogP contribution >= 0.6 is 0 Å². The lowest BCUT2D eigenvalue weighted by Gasteiger charge is -2.17. The molecule has 0 aliphatic heterocycles. The van der Waals surface area contributed by atoms with E-state index >= 15 is 0 Å². The molecule has 39 heavy (non-hydrogen) atoms. The number of hydrogen-bond donors (Lipinski definition) is 2. The minimum atomic E-state index is -0.345. The van der Waals surface area contributed by atoms with Crippen molar-refractivity contribution in [2.45, 2.75) is 225 Å². The molecule has 0 atom stereocenters. The van der Waals surface area contributed by atoms with Gasteiger partial charge >= 0.3 is 6.03 Å². The van der Waals surface area contributed by atoms with E-state index in [0.717, 1.165) is 12.8 Å². The molecule has 0 aliphatic rings. The maximum Gasteiger partial charge on any atom is 0.312 e. The highest BCUT2D eigenvalue weighted by atomic mass is 16.2. The van der Waals surface area contributed by atoms with Crippen LogP contribution in [0.2, 0.25) is 0 Å². The van der Waals surface area contributed by atoms with E-state index in [0.29, 0.717) is 0 Å². The highest BCUT2D eigenvalue weighted by Crippen LogP contribution is 2.17. The molecule has 0 fully saturated rings. The molecule has 0 bridgehead atoms. The van der Waals surface area contributed by atoms with Gasteiger partial charge < -0.3 is 11.1 Å². The van der Waals surface area contributed by atoms with E-state index in [1.807, 2.05) is 0 Å². The number of nitrogens with two attached hydrogens (primary N) is 1. The Morgan fingerprint density at radius 1 is 0.410 bits per heavy atom. The summed E-state index contributed by atoms with van der Waals surface area (Å²) in [5, 5.41) is 3.02. The van der Waals surface area contributed by atoms with Crippen LogP contribution in [0.3, 0.4) is 0 Å². The van der Waals surface area contributed by atoms with Gasteiger partial charge in [0.2, 0.25) is 0 Å². The zero-order valence-corrected chi connectivity index (χ0v) is 27.2. The number of urea groups is 1. The molecule has 0 heterocycles. The summed E-state index contributed by atoms with van der Waals surface area (Å²) in [6, 6.07) is -0.0617. The molecule has 3 nitrogen and oxygen atoms in total. The van der Waals surface area contributed by atoms with E-state index in [2.05, 4.69) is 19.2 Å². The summed E-state index contributed by atoms with van der Waals surface area (Å²) in [4.78, 5) is 11.4. The molecule has 0 unspecified atom stereocenters. The molecular weight excluding hydrogens is 476 g/mol. The smallest absolute Gasteiger partial charge is 0.312 e. The summed E-state index contributed by atoms with van der Waals surface area (Å²) in [7, 11) is 0. The van der Waals surface area contributed by atoms with Gasteiger partial charge in [0, 0.05) is 6.04 Å². The number of nitrogens with one attached hydrogen (secondary N) is 1. The van der Waals surface area contributed by atoms with E-state index in [-0.39, 0.29) is 12.1 Å². The highest BCUT2D eigenvalue weighted by Gasteiger charge is 2.10. The maximum absolute atomic E-state index is 11.4. The molecule has 234 valence electrons. The molecule has 0 aromatic carbocycles. The molecule has 0 aromatic rings. The van der Waals surface area contributed by atoms with Crippen molar-refractivity contribution in [3.63, 3.8) is 0 Å². The van der Waals surface area contributed by atoms with Gasteiger partial charge in [0.15, 0.2) is 0 Å². The first-order valence-electron chi connectivity index (χ1n) is 18.3. The van der Waals surface area contributed by atoms with Crippen molar-refractivity contribution in [2.75, 3.05) is 0 Å². The van der Waals surface area contributed by atoms with Gasteiger partial charge in [-0.25, -0.2) is 4.79 Å². The summed E-state index contributed by atoms with van der Waals surface area (Å²) in [6.07, 6.45) is 44.1. The van der Waals surface area contributed by atoms with E-state index < -0.39 is 0 Å². The Kier molecular flexibility index (Phi) is 32.8. The second-order valence-corrected chi connectivity index (χ2v) is 12.7. The van der Waals surface area contributed by atoms with Gasteiger partial charge in [-0.1, -0.05) is 206 Å². The second kappa shape index (κ2) is 33.5. The molecule has 0 saturated heterocycles. The molecule has 0 rings (SSSR count). The molecule has 3 N–H and O–H groups in total. The fourth-order valence-electron chi connectivity index (χ4n) is 6.01. The highest BCUT2D eigenvalue weighted by molar-refractivity contribution is 5.71. The molecule has 2 amide bonds.